The van der Waals surface area contributed by atoms with Crippen molar-refractivity contribution in [2.24, 2.45) is 0 Å². The summed E-state index contributed by atoms with van der Waals surface area (Å²) in [5, 5.41) is 53.4. The second-order valence-electron chi connectivity index (χ2n) is 2.96. The SMILES string of the molecule is C[C@@H](O)[C@@H](O)[C@H](O)[C@H](O)[C@@H](O)CO. The summed E-state index contributed by atoms with van der Waals surface area (Å²) in [6, 6.07) is 0. The van der Waals surface area contributed by atoms with Crippen LogP contribution in [-0.2, 0) is 0 Å². The van der Waals surface area contributed by atoms with Gasteiger partial charge in [-0.15, -0.1) is 0 Å². The molecule has 0 aromatic rings. The largest absolute Gasteiger partial charge is 0.394 e. The summed E-state index contributed by atoms with van der Waals surface area (Å²) < 4.78 is 0. The highest BCUT2D eigenvalue weighted by Gasteiger charge is 2.32. The van der Waals surface area contributed by atoms with Gasteiger partial charge in [0.25, 0.3) is 0 Å². The molecule has 0 aliphatic heterocycles. The van der Waals surface area contributed by atoms with Crippen molar-refractivity contribution in [3.63, 3.8) is 0 Å². The van der Waals surface area contributed by atoms with Crippen molar-refractivity contribution >= 4 is 0 Å². The van der Waals surface area contributed by atoms with Crippen LogP contribution in [0.15, 0.2) is 0 Å². The van der Waals surface area contributed by atoms with E-state index in [2.05, 4.69) is 0 Å². The molecule has 0 fully saturated rings. The Balaban J connectivity index is 4.15. The van der Waals surface area contributed by atoms with Gasteiger partial charge in [0, 0.05) is 0 Å². The Kier molecular flexibility index (Phi) is 5.38. The summed E-state index contributed by atoms with van der Waals surface area (Å²) in [5.74, 6) is 0. The van der Waals surface area contributed by atoms with Crippen LogP contribution in [0.4, 0.5) is 0 Å². The molecule has 13 heavy (non-hydrogen) atoms. The maximum Gasteiger partial charge on any atom is 0.111 e. The number of hydrogen-bond acceptors (Lipinski definition) is 6. The quantitative estimate of drug-likeness (QED) is 0.275. The Morgan fingerprint density at radius 2 is 1.31 bits per heavy atom. The van der Waals surface area contributed by atoms with Crippen LogP contribution < -0.4 is 0 Å². The number of aliphatic hydroxyl groups excluding tert-OH is 6. The maximum absolute atomic E-state index is 9.13. The van der Waals surface area contributed by atoms with E-state index >= 15 is 0 Å². The molecule has 0 rings (SSSR count). The topological polar surface area (TPSA) is 121 Å². The lowest BCUT2D eigenvalue weighted by molar-refractivity contribution is -0.137. The predicted molar refractivity (Wildman–Crippen MR) is 42.8 cm³/mol. The van der Waals surface area contributed by atoms with Crippen LogP contribution in [0.5, 0.6) is 0 Å². The minimum atomic E-state index is -1.69. The minimum Gasteiger partial charge on any atom is -0.394 e. The molecule has 6 nitrogen and oxygen atoms in total. The summed E-state index contributed by atoms with van der Waals surface area (Å²) in [6.07, 6.45) is -7.70. The zero-order valence-corrected chi connectivity index (χ0v) is 7.28. The molecule has 0 amide bonds. The Hall–Kier alpha value is -0.240. The Morgan fingerprint density at radius 1 is 0.846 bits per heavy atom. The molecule has 0 aliphatic carbocycles. The van der Waals surface area contributed by atoms with Crippen LogP contribution in [0.2, 0.25) is 0 Å². The highest BCUT2D eigenvalue weighted by molar-refractivity contribution is 4.82. The van der Waals surface area contributed by atoms with E-state index in [-0.39, 0.29) is 0 Å². The number of rotatable bonds is 5. The van der Waals surface area contributed by atoms with E-state index in [1.54, 1.807) is 0 Å². The molecular formula is C7H16O6. The van der Waals surface area contributed by atoms with Crippen molar-refractivity contribution in [1.82, 2.24) is 0 Å². The van der Waals surface area contributed by atoms with E-state index in [0.29, 0.717) is 0 Å². The van der Waals surface area contributed by atoms with Crippen molar-refractivity contribution in [3.8, 4) is 0 Å². The lowest BCUT2D eigenvalue weighted by Crippen LogP contribution is -2.49. The molecule has 0 aliphatic rings. The van der Waals surface area contributed by atoms with Gasteiger partial charge in [0.2, 0.25) is 0 Å². The monoisotopic (exact) mass is 196 g/mol. The summed E-state index contributed by atoms with van der Waals surface area (Å²) in [4.78, 5) is 0. The van der Waals surface area contributed by atoms with Crippen molar-refractivity contribution in [1.29, 1.82) is 0 Å². The van der Waals surface area contributed by atoms with Gasteiger partial charge in [-0.3, -0.25) is 0 Å². The molecule has 0 spiro atoms. The molecule has 0 aromatic heterocycles. The molecule has 6 heteroatoms. The van der Waals surface area contributed by atoms with Crippen molar-refractivity contribution in [2.45, 2.75) is 37.4 Å². The van der Waals surface area contributed by atoms with Gasteiger partial charge in [0.1, 0.15) is 24.4 Å². The first-order valence-electron chi connectivity index (χ1n) is 3.93. The molecule has 0 bridgehead atoms. The average molecular weight is 196 g/mol. The van der Waals surface area contributed by atoms with E-state index in [4.69, 9.17) is 30.6 Å². The third kappa shape index (κ3) is 3.55. The Bertz CT molecular complexity index is 139. The van der Waals surface area contributed by atoms with Gasteiger partial charge < -0.3 is 30.6 Å². The van der Waals surface area contributed by atoms with Crippen LogP contribution in [0.3, 0.4) is 0 Å². The zero-order valence-electron chi connectivity index (χ0n) is 7.28. The second-order valence-corrected chi connectivity index (χ2v) is 2.96. The minimum absolute atomic E-state index is 0.731. The molecule has 0 heterocycles. The van der Waals surface area contributed by atoms with Crippen LogP contribution in [0, 0.1) is 0 Å². The fraction of sp³-hybridized carbons (Fsp3) is 1.00. The van der Waals surface area contributed by atoms with Gasteiger partial charge in [0.05, 0.1) is 12.7 Å². The second kappa shape index (κ2) is 5.48. The summed E-state index contributed by atoms with van der Waals surface area (Å²) in [5.41, 5.74) is 0. The molecule has 6 N–H and O–H groups in total. The summed E-state index contributed by atoms with van der Waals surface area (Å²) in [7, 11) is 0. The van der Waals surface area contributed by atoms with E-state index in [1.165, 1.54) is 6.92 Å². The lowest BCUT2D eigenvalue weighted by atomic mass is 10.0. The molecule has 5 atom stereocenters. The first kappa shape index (κ1) is 12.8. The smallest absolute Gasteiger partial charge is 0.111 e. The van der Waals surface area contributed by atoms with Gasteiger partial charge in [-0.05, 0) is 6.92 Å². The lowest BCUT2D eigenvalue weighted by Gasteiger charge is -2.26. The highest BCUT2D eigenvalue weighted by Crippen LogP contribution is 2.07. The fourth-order valence-electron chi connectivity index (χ4n) is 0.823. The number of hydrogen-bond donors (Lipinski definition) is 6. The first-order chi connectivity index (χ1) is 5.91. The first-order valence-corrected chi connectivity index (χ1v) is 3.93. The van der Waals surface area contributed by atoms with Crippen molar-refractivity contribution < 1.29 is 30.6 Å². The van der Waals surface area contributed by atoms with Gasteiger partial charge in [-0.1, -0.05) is 0 Å². The average Bonchev–Trinajstić information content (AvgIpc) is 2.12. The van der Waals surface area contributed by atoms with E-state index in [0.717, 1.165) is 0 Å². The van der Waals surface area contributed by atoms with Crippen LogP contribution in [0.25, 0.3) is 0 Å². The number of aliphatic hydroxyl groups is 6. The molecule has 0 unspecified atom stereocenters. The standard InChI is InChI=1S/C7H16O6/c1-3(9)5(11)7(13)6(12)4(10)2-8/h3-13H,2H2,1H3/t3-,4+,5-,6-,7+/m1/s1. The third-order valence-corrected chi connectivity index (χ3v) is 1.78. The molecule has 0 radical (unpaired) electrons. The fourth-order valence-corrected chi connectivity index (χ4v) is 0.823. The molecule has 80 valence electrons. The third-order valence-electron chi connectivity index (χ3n) is 1.78. The van der Waals surface area contributed by atoms with Crippen LogP contribution >= 0.6 is 0 Å². The van der Waals surface area contributed by atoms with E-state index in [1.807, 2.05) is 0 Å². The predicted octanol–water partition coefficient (Wildman–Crippen LogP) is -3.20. The van der Waals surface area contributed by atoms with E-state index in [9.17, 15) is 0 Å². The van der Waals surface area contributed by atoms with Gasteiger partial charge in [-0.2, -0.15) is 0 Å². The molecule has 0 saturated heterocycles. The molecular weight excluding hydrogens is 180 g/mol. The van der Waals surface area contributed by atoms with E-state index < -0.39 is 37.1 Å². The highest BCUT2D eigenvalue weighted by atomic mass is 16.4. The molecule has 0 saturated carbocycles. The van der Waals surface area contributed by atoms with Gasteiger partial charge >= 0.3 is 0 Å². The Labute approximate surface area is 75.7 Å². The van der Waals surface area contributed by atoms with Crippen molar-refractivity contribution in [2.75, 3.05) is 6.61 Å². The van der Waals surface area contributed by atoms with Crippen LogP contribution in [-0.4, -0.2) is 67.8 Å². The summed E-state index contributed by atoms with van der Waals surface area (Å²) >= 11 is 0. The van der Waals surface area contributed by atoms with Crippen LogP contribution in [0.1, 0.15) is 6.92 Å². The van der Waals surface area contributed by atoms with Crippen molar-refractivity contribution in [3.05, 3.63) is 0 Å². The maximum atomic E-state index is 9.13. The molecule has 0 aromatic carbocycles. The van der Waals surface area contributed by atoms with Gasteiger partial charge in [-0.25, -0.2) is 0 Å². The summed E-state index contributed by atoms with van der Waals surface area (Å²) in [6.45, 7) is 0.497. The zero-order chi connectivity index (χ0) is 10.6. The normalized spacial score (nSPS) is 23.3. The van der Waals surface area contributed by atoms with Gasteiger partial charge in [0.15, 0.2) is 0 Å². The Morgan fingerprint density at radius 3 is 1.62 bits per heavy atom.